The number of benzene rings is 1. The normalized spacial score (nSPS) is 18.5. The Morgan fingerprint density at radius 2 is 1.96 bits per heavy atom. The molecule has 1 saturated heterocycles. The maximum absolute atomic E-state index is 13.2. The molecule has 1 aliphatic rings. The highest BCUT2D eigenvalue weighted by Gasteiger charge is 2.31. The minimum atomic E-state index is -0.219. The molecular weight excluding hydrogens is 359 g/mol. The molecule has 28 heavy (non-hydrogen) atoms. The second kappa shape index (κ2) is 9.34. The van der Waals surface area contributed by atoms with Crippen molar-refractivity contribution in [1.29, 1.82) is 0 Å². The molecule has 0 spiro atoms. The molecule has 2 heterocycles. The second-order valence-electron chi connectivity index (χ2n) is 7.71. The van der Waals surface area contributed by atoms with E-state index in [9.17, 15) is 9.18 Å². The summed E-state index contributed by atoms with van der Waals surface area (Å²) in [7, 11) is 1.60. The Labute approximate surface area is 166 Å². The SMILES string of the molecule is COCc1ccc(C(=O)N2CCCN(Cc3ccc(F)cc3)C(C(C)C)C2)o1. The van der Waals surface area contributed by atoms with Gasteiger partial charge in [0.25, 0.3) is 5.91 Å². The van der Waals surface area contributed by atoms with Crippen LogP contribution in [-0.4, -0.2) is 48.5 Å². The predicted molar refractivity (Wildman–Crippen MR) is 105 cm³/mol. The van der Waals surface area contributed by atoms with Gasteiger partial charge < -0.3 is 14.1 Å². The number of hydrogen-bond acceptors (Lipinski definition) is 4. The molecule has 0 saturated carbocycles. The van der Waals surface area contributed by atoms with Gasteiger partial charge in [-0.25, -0.2) is 4.39 Å². The summed E-state index contributed by atoms with van der Waals surface area (Å²) < 4.78 is 23.9. The van der Waals surface area contributed by atoms with Crippen LogP contribution in [0.15, 0.2) is 40.8 Å². The van der Waals surface area contributed by atoms with E-state index in [0.29, 0.717) is 37.1 Å². The van der Waals surface area contributed by atoms with Gasteiger partial charge in [-0.15, -0.1) is 0 Å². The molecule has 0 N–H and O–H groups in total. The van der Waals surface area contributed by atoms with Crippen LogP contribution < -0.4 is 0 Å². The third-order valence-corrected chi connectivity index (χ3v) is 5.26. The summed E-state index contributed by atoms with van der Waals surface area (Å²) in [6.45, 7) is 7.72. The summed E-state index contributed by atoms with van der Waals surface area (Å²) in [5.41, 5.74) is 1.09. The Hall–Kier alpha value is -2.18. The third kappa shape index (κ3) is 5.00. The van der Waals surface area contributed by atoms with E-state index >= 15 is 0 Å². The number of carbonyl (C=O) groups is 1. The number of nitrogens with zero attached hydrogens (tertiary/aromatic N) is 2. The Bertz CT molecular complexity index is 772. The average Bonchev–Trinajstić information content (AvgIpc) is 3.03. The Balaban J connectivity index is 1.72. The zero-order chi connectivity index (χ0) is 20.1. The molecule has 1 atom stereocenters. The number of ether oxygens (including phenoxy) is 1. The highest BCUT2D eigenvalue weighted by atomic mass is 19.1. The van der Waals surface area contributed by atoms with Crippen molar-refractivity contribution >= 4 is 5.91 Å². The summed E-state index contributed by atoms with van der Waals surface area (Å²) >= 11 is 0. The van der Waals surface area contributed by atoms with E-state index in [-0.39, 0.29) is 17.8 Å². The highest BCUT2D eigenvalue weighted by Crippen LogP contribution is 2.22. The quantitative estimate of drug-likeness (QED) is 0.752. The summed E-state index contributed by atoms with van der Waals surface area (Å²) in [6.07, 6.45) is 0.891. The first kappa shape index (κ1) is 20.6. The van der Waals surface area contributed by atoms with Crippen molar-refractivity contribution in [3.63, 3.8) is 0 Å². The smallest absolute Gasteiger partial charge is 0.289 e. The van der Waals surface area contributed by atoms with Crippen LogP contribution in [0.1, 0.15) is 42.1 Å². The second-order valence-corrected chi connectivity index (χ2v) is 7.71. The van der Waals surface area contributed by atoms with Crippen LogP contribution in [0.3, 0.4) is 0 Å². The van der Waals surface area contributed by atoms with Crippen molar-refractivity contribution in [1.82, 2.24) is 9.80 Å². The lowest BCUT2D eigenvalue weighted by molar-refractivity contribution is 0.0664. The number of hydrogen-bond donors (Lipinski definition) is 0. The van der Waals surface area contributed by atoms with E-state index in [2.05, 4.69) is 18.7 Å². The fourth-order valence-electron chi connectivity index (χ4n) is 3.77. The molecule has 1 aromatic heterocycles. The van der Waals surface area contributed by atoms with Gasteiger partial charge in [0.1, 0.15) is 18.2 Å². The number of carbonyl (C=O) groups excluding carboxylic acids is 1. The van der Waals surface area contributed by atoms with Crippen molar-refractivity contribution in [2.24, 2.45) is 5.92 Å². The molecule has 152 valence electrons. The molecule has 1 aliphatic heterocycles. The molecule has 5 nitrogen and oxygen atoms in total. The van der Waals surface area contributed by atoms with Gasteiger partial charge in [0, 0.05) is 39.3 Å². The predicted octanol–water partition coefficient (Wildman–Crippen LogP) is 3.94. The molecule has 3 rings (SSSR count). The first-order valence-corrected chi connectivity index (χ1v) is 9.83. The van der Waals surface area contributed by atoms with Crippen LogP contribution in [-0.2, 0) is 17.9 Å². The molecule has 1 fully saturated rings. The first-order chi connectivity index (χ1) is 13.5. The van der Waals surface area contributed by atoms with E-state index < -0.39 is 0 Å². The van der Waals surface area contributed by atoms with Crippen molar-refractivity contribution < 1.29 is 18.3 Å². The van der Waals surface area contributed by atoms with Crippen molar-refractivity contribution in [2.45, 2.75) is 39.5 Å². The lowest BCUT2D eigenvalue weighted by Crippen LogP contribution is -2.45. The third-order valence-electron chi connectivity index (χ3n) is 5.26. The van der Waals surface area contributed by atoms with Crippen LogP contribution in [0, 0.1) is 11.7 Å². The van der Waals surface area contributed by atoms with E-state index in [0.717, 1.165) is 25.1 Å². The number of methoxy groups -OCH3 is 1. The first-order valence-electron chi connectivity index (χ1n) is 9.83. The lowest BCUT2D eigenvalue weighted by atomic mass is 10.0. The van der Waals surface area contributed by atoms with Crippen LogP contribution in [0.2, 0.25) is 0 Å². The van der Waals surface area contributed by atoms with Gasteiger partial charge in [0.2, 0.25) is 0 Å². The maximum Gasteiger partial charge on any atom is 0.289 e. The maximum atomic E-state index is 13.2. The molecule has 6 heteroatoms. The topological polar surface area (TPSA) is 45.9 Å². The summed E-state index contributed by atoms with van der Waals surface area (Å²) in [5, 5.41) is 0. The standard InChI is InChI=1S/C22H29FN2O3/c1-16(2)20-14-25(22(26)21-10-9-19(28-21)15-27-3)12-4-11-24(20)13-17-5-7-18(23)8-6-17/h5-10,16,20H,4,11-15H2,1-3H3. The molecule has 1 unspecified atom stereocenters. The number of furan rings is 1. The molecule has 1 amide bonds. The van der Waals surface area contributed by atoms with E-state index in [1.807, 2.05) is 17.0 Å². The number of amides is 1. The average molecular weight is 388 g/mol. The van der Waals surface area contributed by atoms with Crippen molar-refractivity contribution in [3.8, 4) is 0 Å². The van der Waals surface area contributed by atoms with Crippen LogP contribution in [0.4, 0.5) is 4.39 Å². The van der Waals surface area contributed by atoms with Gasteiger partial charge in [-0.05, 0) is 42.2 Å². The minimum Gasteiger partial charge on any atom is -0.453 e. The molecule has 2 aromatic rings. The molecular formula is C22H29FN2O3. The highest BCUT2D eigenvalue weighted by molar-refractivity contribution is 5.91. The van der Waals surface area contributed by atoms with Crippen molar-refractivity contribution in [2.75, 3.05) is 26.7 Å². The van der Waals surface area contributed by atoms with Gasteiger partial charge in [-0.2, -0.15) is 0 Å². The summed E-state index contributed by atoms with van der Waals surface area (Å²) in [4.78, 5) is 17.3. The zero-order valence-electron chi connectivity index (χ0n) is 16.9. The molecule has 0 bridgehead atoms. The number of rotatable bonds is 6. The Morgan fingerprint density at radius 3 is 2.64 bits per heavy atom. The monoisotopic (exact) mass is 388 g/mol. The van der Waals surface area contributed by atoms with Crippen LogP contribution in [0.5, 0.6) is 0 Å². The van der Waals surface area contributed by atoms with Gasteiger partial charge in [-0.1, -0.05) is 26.0 Å². The Kier molecular flexibility index (Phi) is 6.86. The van der Waals surface area contributed by atoms with Crippen molar-refractivity contribution in [3.05, 3.63) is 59.3 Å². The van der Waals surface area contributed by atoms with E-state index in [1.165, 1.54) is 12.1 Å². The molecule has 1 aromatic carbocycles. The van der Waals surface area contributed by atoms with E-state index in [1.54, 1.807) is 19.2 Å². The molecule has 0 aliphatic carbocycles. The lowest BCUT2D eigenvalue weighted by Gasteiger charge is -2.34. The van der Waals surface area contributed by atoms with Crippen LogP contribution in [0.25, 0.3) is 0 Å². The number of halogens is 1. The van der Waals surface area contributed by atoms with Gasteiger partial charge in [-0.3, -0.25) is 9.69 Å². The van der Waals surface area contributed by atoms with E-state index in [4.69, 9.17) is 9.15 Å². The van der Waals surface area contributed by atoms with Crippen LogP contribution >= 0.6 is 0 Å². The fraction of sp³-hybridized carbons (Fsp3) is 0.500. The Morgan fingerprint density at radius 1 is 1.21 bits per heavy atom. The summed E-state index contributed by atoms with van der Waals surface area (Å²) in [6, 6.07) is 10.4. The minimum absolute atomic E-state index is 0.0726. The van der Waals surface area contributed by atoms with Gasteiger partial charge in [0.15, 0.2) is 5.76 Å². The summed E-state index contributed by atoms with van der Waals surface area (Å²) in [5.74, 6) is 1.11. The van der Waals surface area contributed by atoms with Gasteiger partial charge in [0.05, 0.1) is 0 Å². The van der Waals surface area contributed by atoms with Gasteiger partial charge >= 0.3 is 0 Å². The molecule has 0 radical (unpaired) electrons. The fourth-order valence-corrected chi connectivity index (χ4v) is 3.77. The largest absolute Gasteiger partial charge is 0.453 e. The zero-order valence-corrected chi connectivity index (χ0v) is 16.9.